The highest BCUT2D eigenvalue weighted by atomic mass is 35.5. The van der Waals surface area contributed by atoms with Gasteiger partial charge in [0.15, 0.2) is 0 Å². The molecule has 1 aromatic heterocycles. The van der Waals surface area contributed by atoms with Gasteiger partial charge in [-0.25, -0.2) is 0 Å². The summed E-state index contributed by atoms with van der Waals surface area (Å²) >= 11 is 6.17. The average molecular weight is 319 g/mol. The Morgan fingerprint density at radius 2 is 2.09 bits per heavy atom. The third-order valence-corrected chi connectivity index (χ3v) is 4.69. The van der Waals surface area contributed by atoms with Crippen molar-refractivity contribution in [2.75, 3.05) is 13.6 Å². The Kier molecular flexibility index (Phi) is 4.06. The SMILES string of the molecule is CN(CC1(O)CCCC1)C(=O)c1ccc(Cl)c2cccnc12. The summed E-state index contributed by atoms with van der Waals surface area (Å²) in [4.78, 5) is 18.6. The van der Waals surface area contributed by atoms with E-state index in [-0.39, 0.29) is 5.91 Å². The zero-order chi connectivity index (χ0) is 15.7. The van der Waals surface area contributed by atoms with Crippen LogP contribution in [0, 0.1) is 0 Å². The molecule has 0 saturated heterocycles. The fraction of sp³-hybridized carbons (Fsp3) is 0.412. The van der Waals surface area contributed by atoms with E-state index < -0.39 is 5.60 Å². The highest BCUT2D eigenvalue weighted by Crippen LogP contribution is 2.31. The number of aromatic nitrogens is 1. The third kappa shape index (κ3) is 2.81. The average Bonchev–Trinajstić information content (AvgIpc) is 2.93. The molecule has 3 rings (SSSR count). The second-order valence-electron chi connectivity index (χ2n) is 6.09. The molecule has 1 amide bonds. The molecule has 116 valence electrons. The molecule has 0 spiro atoms. The lowest BCUT2D eigenvalue weighted by Gasteiger charge is -2.28. The largest absolute Gasteiger partial charge is 0.388 e. The molecule has 0 aliphatic heterocycles. The zero-order valence-corrected chi connectivity index (χ0v) is 13.3. The van der Waals surface area contributed by atoms with Gasteiger partial charge < -0.3 is 10.0 Å². The molecule has 1 heterocycles. The number of amides is 1. The number of rotatable bonds is 3. The number of likely N-dealkylation sites (N-methyl/N-ethyl adjacent to an activating group) is 1. The molecule has 1 aromatic carbocycles. The summed E-state index contributed by atoms with van der Waals surface area (Å²) < 4.78 is 0. The number of aliphatic hydroxyl groups is 1. The summed E-state index contributed by atoms with van der Waals surface area (Å²) in [6.07, 6.45) is 5.20. The van der Waals surface area contributed by atoms with Crippen molar-refractivity contribution in [3.8, 4) is 0 Å². The van der Waals surface area contributed by atoms with E-state index in [2.05, 4.69) is 4.98 Å². The van der Waals surface area contributed by atoms with Gasteiger partial charge in [-0.1, -0.05) is 24.4 Å². The quantitative estimate of drug-likeness (QED) is 0.945. The van der Waals surface area contributed by atoms with E-state index in [0.29, 0.717) is 22.6 Å². The van der Waals surface area contributed by atoms with E-state index in [4.69, 9.17) is 11.6 Å². The van der Waals surface area contributed by atoms with E-state index in [1.54, 1.807) is 36.3 Å². The van der Waals surface area contributed by atoms with Crippen LogP contribution in [-0.2, 0) is 0 Å². The lowest BCUT2D eigenvalue weighted by Crippen LogP contribution is -2.42. The maximum Gasteiger partial charge on any atom is 0.255 e. The van der Waals surface area contributed by atoms with Crippen LogP contribution < -0.4 is 0 Å². The summed E-state index contributed by atoms with van der Waals surface area (Å²) in [7, 11) is 1.72. The van der Waals surface area contributed by atoms with Crippen LogP contribution in [0.2, 0.25) is 5.02 Å². The Bertz CT molecular complexity index is 711. The third-order valence-electron chi connectivity index (χ3n) is 4.36. The van der Waals surface area contributed by atoms with Crippen molar-refractivity contribution in [1.29, 1.82) is 0 Å². The lowest BCUT2D eigenvalue weighted by atomic mass is 10.0. The number of hydrogen-bond donors (Lipinski definition) is 1. The number of carbonyl (C=O) groups is 1. The summed E-state index contributed by atoms with van der Waals surface area (Å²) in [6.45, 7) is 0.350. The number of benzene rings is 1. The van der Waals surface area contributed by atoms with Crippen LogP contribution in [0.5, 0.6) is 0 Å². The van der Waals surface area contributed by atoms with Crippen LogP contribution in [0.3, 0.4) is 0 Å². The van der Waals surface area contributed by atoms with Gasteiger partial charge in [0.25, 0.3) is 5.91 Å². The van der Waals surface area contributed by atoms with Gasteiger partial charge in [0.1, 0.15) is 0 Å². The van der Waals surface area contributed by atoms with Crippen LogP contribution >= 0.6 is 11.6 Å². The topological polar surface area (TPSA) is 53.4 Å². The van der Waals surface area contributed by atoms with Crippen molar-refractivity contribution in [2.24, 2.45) is 0 Å². The zero-order valence-electron chi connectivity index (χ0n) is 12.6. The predicted octanol–water partition coefficient (Wildman–Crippen LogP) is 3.27. The first kappa shape index (κ1) is 15.3. The molecule has 1 aliphatic carbocycles. The molecular weight excluding hydrogens is 300 g/mol. The van der Waals surface area contributed by atoms with Crippen molar-refractivity contribution in [1.82, 2.24) is 9.88 Å². The molecule has 5 heteroatoms. The van der Waals surface area contributed by atoms with Gasteiger partial charge in [-0.3, -0.25) is 9.78 Å². The number of halogens is 1. The Hall–Kier alpha value is -1.65. The summed E-state index contributed by atoms with van der Waals surface area (Å²) in [5, 5.41) is 11.8. The van der Waals surface area contributed by atoms with Crippen LogP contribution in [0.15, 0.2) is 30.5 Å². The van der Waals surface area contributed by atoms with Gasteiger partial charge in [0.05, 0.1) is 21.7 Å². The van der Waals surface area contributed by atoms with Crippen molar-refractivity contribution in [2.45, 2.75) is 31.3 Å². The van der Waals surface area contributed by atoms with Crippen LogP contribution in [0.25, 0.3) is 10.9 Å². The Labute approximate surface area is 134 Å². The Balaban J connectivity index is 1.90. The molecule has 0 unspecified atom stereocenters. The number of nitrogens with zero attached hydrogens (tertiary/aromatic N) is 2. The van der Waals surface area contributed by atoms with Crippen LogP contribution in [-0.4, -0.2) is 40.1 Å². The first-order valence-corrected chi connectivity index (χ1v) is 7.89. The number of hydrogen-bond acceptors (Lipinski definition) is 3. The van der Waals surface area contributed by atoms with Gasteiger partial charge in [-0.2, -0.15) is 0 Å². The lowest BCUT2D eigenvalue weighted by molar-refractivity contribution is 0.0157. The first-order chi connectivity index (χ1) is 10.5. The molecule has 0 radical (unpaired) electrons. The second-order valence-corrected chi connectivity index (χ2v) is 6.49. The van der Waals surface area contributed by atoms with Crippen LogP contribution in [0.1, 0.15) is 36.0 Å². The Morgan fingerprint density at radius 3 is 2.82 bits per heavy atom. The van der Waals surface area contributed by atoms with Gasteiger partial charge >= 0.3 is 0 Å². The normalized spacial score (nSPS) is 16.9. The molecular formula is C17H19ClN2O2. The summed E-state index contributed by atoms with van der Waals surface area (Å²) in [6, 6.07) is 7.07. The molecule has 2 aromatic rings. The van der Waals surface area contributed by atoms with Crippen molar-refractivity contribution < 1.29 is 9.90 Å². The molecule has 4 nitrogen and oxygen atoms in total. The summed E-state index contributed by atoms with van der Waals surface area (Å²) in [5.74, 6) is -0.138. The minimum absolute atomic E-state index is 0.138. The van der Waals surface area contributed by atoms with E-state index in [9.17, 15) is 9.90 Å². The fourth-order valence-electron chi connectivity index (χ4n) is 3.22. The van der Waals surface area contributed by atoms with Gasteiger partial charge in [0.2, 0.25) is 0 Å². The molecule has 1 saturated carbocycles. The number of pyridine rings is 1. The molecule has 1 aliphatic rings. The Morgan fingerprint density at radius 1 is 1.36 bits per heavy atom. The smallest absolute Gasteiger partial charge is 0.255 e. The minimum atomic E-state index is -0.750. The summed E-state index contributed by atoms with van der Waals surface area (Å²) in [5.41, 5.74) is 0.370. The highest BCUT2D eigenvalue weighted by Gasteiger charge is 2.33. The molecule has 1 fully saturated rings. The van der Waals surface area contributed by atoms with E-state index in [0.717, 1.165) is 31.1 Å². The van der Waals surface area contributed by atoms with Crippen molar-refractivity contribution in [3.05, 3.63) is 41.0 Å². The first-order valence-electron chi connectivity index (χ1n) is 7.51. The second kappa shape index (κ2) is 5.86. The van der Waals surface area contributed by atoms with Gasteiger partial charge in [-0.15, -0.1) is 0 Å². The maximum atomic E-state index is 12.7. The number of fused-ring (bicyclic) bond motifs is 1. The maximum absolute atomic E-state index is 12.7. The number of carbonyl (C=O) groups excluding carboxylic acids is 1. The fourth-order valence-corrected chi connectivity index (χ4v) is 3.44. The molecule has 22 heavy (non-hydrogen) atoms. The van der Waals surface area contributed by atoms with Crippen LogP contribution in [0.4, 0.5) is 0 Å². The van der Waals surface area contributed by atoms with Gasteiger partial charge in [-0.05, 0) is 37.1 Å². The van der Waals surface area contributed by atoms with E-state index >= 15 is 0 Å². The molecule has 0 atom stereocenters. The van der Waals surface area contributed by atoms with Crippen molar-refractivity contribution in [3.63, 3.8) is 0 Å². The minimum Gasteiger partial charge on any atom is -0.388 e. The predicted molar refractivity (Wildman–Crippen MR) is 87.1 cm³/mol. The van der Waals surface area contributed by atoms with E-state index in [1.165, 1.54) is 0 Å². The standard InChI is InChI=1S/C17H19ClN2O2/c1-20(11-17(22)8-2-3-9-17)16(21)13-6-7-14(18)12-5-4-10-19-15(12)13/h4-7,10,22H,2-3,8-9,11H2,1H3. The van der Waals surface area contributed by atoms with Gasteiger partial charge in [0, 0.05) is 25.2 Å². The molecule has 1 N–H and O–H groups in total. The van der Waals surface area contributed by atoms with E-state index in [1.807, 2.05) is 6.07 Å². The van der Waals surface area contributed by atoms with Crippen molar-refractivity contribution >= 4 is 28.4 Å². The molecule has 0 bridgehead atoms. The monoisotopic (exact) mass is 318 g/mol. The highest BCUT2D eigenvalue weighted by molar-refractivity contribution is 6.36.